The number of para-hydroxylation sites is 1. The number of ketones is 1. The highest BCUT2D eigenvalue weighted by molar-refractivity contribution is 6.51. The van der Waals surface area contributed by atoms with Crippen molar-refractivity contribution >= 4 is 23.1 Å². The zero-order chi connectivity index (χ0) is 29.2. The fourth-order valence-electron chi connectivity index (χ4n) is 5.32. The second-order valence-electron chi connectivity index (χ2n) is 9.99. The molecule has 1 N–H and O–H groups in total. The predicted octanol–water partition coefficient (Wildman–Crippen LogP) is 5.98. The maximum absolute atomic E-state index is 13.7. The molecule has 1 saturated heterocycles. The van der Waals surface area contributed by atoms with Crippen molar-refractivity contribution in [2.45, 2.75) is 19.6 Å². The van der Waals surface area contributed by atoms with Crippen LogP contribution in [0.15, 0.2) is 96.6 Å². The molecule has 8 heteroatoms. The lowest BCUT2D eigenvalue weighted by molar-refractivity contribution is -0.132. The lowest BCUT2D eigenvalue weighted by Crippen LogP contribution is -2.30. The second-order valence-corrected chi connectivity index (χ2v) is 9.99. The molecular weight excluding hydrogens is 534 g/mol. The summed E-state index contributed by atoms with van der Waals surface area (Å²) in [6, 6.07) is 26.2. The van der Waals surface area contributed by atoms with Crippen LogP contribution in [0.3, 0.4) is 0 Å². The van der Waals surface area contributed by atoms with E-state index in [1.807, 2.05) is 37.3 Å². The van der Waals surface area contributed by atoms with Gasteiger partial charge in [0.1, 0.15) is 37.1 Å². The Morgan fingerprint density at radius 1 is 0.881 bits per heavy atom. The number of anilines is 1. The second kappa shape index (κ2) is 11.3. The molecule has 0 radical (unpaired) electrons. The predicted molar refractivity (Wildman–Crippen MR) is 157 cm³/mol. The molecule has 42 heavy (non-hydrogen) atoms. The number of fused-ring (bicyclic) bond motifs is 1. The van der Waals surface area contributed by atoms with E-state index in [2.05, 4.69) is 0 Å². The first-order valence-corrected chi connectivity index (χ1v) is 13.6. The van der Waals surface area contributed by atoms with Gasteiger partial charge in [0, 0.05) is 22.9 Å². The molecule has 2 aliphatic heterocycles. The number of hydrogen-bond donors (Lipinski definition) is 1. The van der Waals surface area contributed by atoms with Gasteiger partial charge >= 0.3 is 0 Å². The van der Waals surface area contributed by atoms with Crippen molar-refractivity contribution in [3.05, 3.63) is 119 Å². The van der Waals surface area contributed by atoms with Crippen LogP contribution in [0.25, 0.3) is 5.76 Å². The Hall–Kier alpha value is -5.24. The number of amides is 1. The maximum atomic E-state index is 13.7. The molecule has 1 atom stereocenters. The summed E-state index contributed by atoms with van der Waals surface area (Å²) in [6.07, 6.45) is 0. The number of aliphatic hydroxyl groups is 1. The SMILES string of the molecule is COc1ccccc1C1/C(=C(\O)c2ccc(OCc3ccccc3)c(C)c2)C(=O)C(=O)N1c1ccc2c(c1)OCCO2. The van der Waals surface area contributed by atoms with E-state index >= 15 is 0 Å². The highest BCUT2D eigenvalue weighted by Crippen LogP contribution is 2.46. The van der Waals surface area contributed by atoms with Gasteiger partial charge in [-0.3, -0.25) is 14.5 Å². The van der Waals surface area contributed by atoms with Gasteiger partial charge in [-0.25, -0.2) is 0 Å². The van der Waals surface area contributed by atoms with Crippen LogP contribution in [0.1, 0.15) is 28.3 Å². The van der Waals surface area contributed by atoms with Gasteiger partial charge in [-0.05, 0) is 54.4 Å². The van der Waals surface area contributed by atoms with Crippen molar-refractivity contribution in [3.63, 3.8) is 0 Å². The van der Waals surface area contributed by atoms with E-state index < -0.39 is 17.7 Å². The number of ether oxygens (including phenoxy) is 4. The summed E-state index contributed by atoms with van der Waals surface area (Å²) in [4.78, 5) is 28.7. The van der Waals surface area contributed by atoms with Crippen LogP contribution in [0.5, 0.6) is 23.0 Å². The molecule has 0 aliphatic carbocycles. The Kier molecular flexibility index (Phi) is 7.27. The molecule has 4 aromatic rings. The van der Waals surface area contributed by atoms with E-state index in [0.29, 0.717) is 59.6 Å². The van der Waals surface area contributed by atoms with Crippen molar-refractivity contribution in [2.75, 3.05) is 25.2 Å². The van der Waals surface area contributed by atoms with E-state index in [9.17, 15) is 14.7 Å². The summed E-state index contributed by atoms with van der Waals surface area (Å²) in [6.45, 7) is 3.05. The first-order valence-electron chi connectivity index (χ1n) is 13.6. The molecule has 4 aromatic carbocycles. The smallest absolute Gasteiger partial charge is 0.300 e. The van der Waals surface area contributed by atoms with Gasteiger partial charge in [0.25, 0.3) is 11.7 Å². The largest absolute Gasteiger partial charge is 0.507 e. The summed E-state index contributed by atoms with van der Waals surface area (Å²) in [5.41, 5.74) is 3.12. The van der Waals surface area contributed by atoms with Gasteiger partial charge in [-0.1, -0.05) is 48.5 Å². The number of aliphatic hydroxyl groups excluding tert-OH is 1. The molecule has 2 heterocycles. The van der Waals surface area contributed by atoms with Crippen LogP contribution in [0.4, 0.5) is 5.69 Å². The van der Waals surface area contributed by atoms with Crippen molar-refractivity contribution in [1.29, 1.82) is 0 Å². The van der Waals surface area contributed by atoms with E-state index in [4.69, 9.17) is 18.9 Å². The van der Waals surface area contributed by atoms with Crippen LogP contribution < -0.4 is 23.8 Å². The standard InChI is InChI=1S/C34H29NO7/c1-21-18-23(12-14-26(21)42-20-22-8-4-3-5-9-22)32(36)30-31(25-10-6-7-11-27(25)39-2)35(34(38)33(30)37)24-13-15-28-29(19-24)41-17-16-40-28/h3-15,18-19,31,36H,16-17,20H2,1-2H3/b32-30+. The van der Waals surface area contributed by atoms with Gasteiger partial charge in [0.2, 0.25) is 0 Å². The lowest BCUT2D eigenvalue weighted by atomic mass is 9.94. The minimum Gasteiger partial charge on any atom is -0.507 e. The van der Waals surface area contributed by atoms with Gasteiger partial charge in [0.05, 0.1) is 18.7 Å². The first-order chi connectivity index (χ1) is 20.5. The normalized spacial score (nSPS) is 17.3. The summed E-state index contributed by atoms with van der Waals surface area (Å²) >= 11 is 0. The Balaban J connectivity index is 1.43. The molecule has 2 aliphatic rings. The van der Waals surface area contributed by atoms with Gasteiger partial charge < -0.3 is 24.1 Å². The van der Waals surface area contributed by atoms with Crippen molar-refractivity contribution in [3.8, 4) is 23.0 Å². The summed E-state index contributed by atoms with van der Waals surface area (Å²) in [5, 5.41) is 11.6. The summed E-state index contributed by atoms with van der Waals surface area (Å²) in [5.74, 6) is 0.278. The Morgan fingerprint density at radius 3 is 2.38 bits per heavy atom. The third-order valence-electron chi connectivity index (χ3n) is 7.37. The van der Waals surface area contributed by atoms with Crippen molar-refractivity contribution in [1.82, 2.24) is 0 Å². The average molecular weight is 564 g/mol. The number of Topliss-reactive ketones (excluding diaryl/α,β-unsaturated/α-hetero) is 1. The molecule has 212 valence electrons. The van der Waals surface area contributed by atoms with E-state index in [0.717, 1.165) is 11.1 Å². The number of carbonyl (C=O) groups excluding carboxylic acids is 2. The molecule has 0 aromatic heterocycles. The number of benzene rings is 4. The summed E-state index contributed by atoms with van der Waals surface area (Å²) in [7, 11) is 1.52. The quantitative estimate of drug-likeness (QED) is 0.168. The molecule has 0 bridgehead atoms. The topological polar surface area (TPSA) is 94.5 Å². The number of hydrogen-bond acceptors (Lipinski definition) is 7. The molecular formula is C34H29NO7. The van der Waals surface area contributed by atoms with Crippen LogP contribution in [-0.2, 0) is 16.2 Å². The van der Waals surface area contributed by atoms with Gasteiger partial charge in [-0.2, -0.15) is 0 Å². The molecule has 0 spiro atoms. The molecule has 6 rings (SSSR count). The fraction of sp³-hybridized carbons (Fsp3) is 0.176. The lowest BCUT2D eigenvalue weighted by Gasteiger charge is -2.28. The van der Waals surface area contributed by atoms with Gasteiger partial charge in [-0.15, -0.1) is 0 Å². The molecule has 8 nitrogen and oxygen atoms in total. The van der Waals surface area contributed by atoms with Crippen molar-refractivity contribution in [2.24, 2.45) is 0 Å². The van der Waals surface area contributed by atoms with Crippen LogP contribution in [0.2, 0.25) is 0 Å². The third kappa shape index (κ3) is 4.92. The molecule has 1 amide bonds. The highest BCUT2D eigenvalue weighted by atomic mass is 16.6. The van der Waals surface area contributed by atoms with Crippen LogP contribution >= 0.6 is 0 Å². The Bertz CT molecular complexity index is 1700. The van der Waals surface area contributed by atoms with Gasteiger partial charge in [0.15, 0.2) is 11.5 Å². The third-order valence-corrected chi connectivity index (χ3v) is 7.37. The average Bonchev–Trinajstić information content (AvgIpc) is 3.29. The monoisotopic (exact) mass is 563 g/mol. The van der Waals surface area contributed by atoms with E-state index in [-0.39, 0.29) is 11.3 Å². The number of carbonyl (C=O) groups is 2. The Labute approximate surface area is 243 Å². The van der Waals surface area contributed by atoms with Crippen molar-refractivity contribution < 1.29 is 33.6 Å². The number of nitrogens with zero attached hydrogens (tertiary/aromatic N) is 1. The fourth-order valence-corrected chi connectivity index (χ4v) is 5.32. The van der Waals surface area contributed by atoms with Crippen LogP contribution in [-0.4, -0.2) is 37.1 Å². The number of methoxy groups -OCH3 is 1. The molecule has 1 unspecified atom stereocenters. The van der Waals surface area contributed by atoms with E-state index in [1.54, 1.807) is 60.7 Å². The zero-order valence-electron chi connectivity index (χ0n) is 23.2. The zero-order valence-corrected chi connectivity index (χ0v) is 23.2. The molecule has 0 saturated carbocycles. The molecule has 1 fully saturated rings. The minimum absolute atomic E-state index is 0.0447. The van der Waals surface area contributed by atoms with E-state index in [1.165, 1.54) is 12.0 Å². The highest BCUT2D eigenvalue weighted by Gasteiger charge is 2.48. The number of rotatable bonds is 7. The first kappa shape index (κ1) is 27.0. The minimum atomic E-state index is -0.960. The Morgan fingerprint density at radius 2 is 1.62 bits per heavy atom. The summed E-state index contributed by atoms with van der Waals surface area (Å²) < 4.78 is 23.0. The van der Waals surface area contributed by atoms with Crippen LogP contribution in [0, 0.1) is 6.92 Å². The maximum Gasteiger partial charge on any atom is 0.300 e. The number of aryl methyl sites for hydroxylation is 1.